The van der Waals surface area contributed by atoms with Crippen LogP contribution < -0.4 is 4.90 Å². The second-order valence-corrected chi connectivity index (χ2v) is 4.28. The van der Waals surface area contributed by atoms with E-state index in [2.05, 4.69) is 9.97 Å². The molecule has 0 radical (unpaired) electrons. The van der Waals surface area contributed by atoms with Gasteiger partial charge in [0.25, 0.3) is 0 Å². The van der Waals surface area contributed by atoms with Crippen molar-refractivity contribution in [1.29, 1.82) is 0 Å². The lowest BCUT2D eigenvalue weighted by molar-refractivity contribution is -0.143. The van der Waals surface area contributed by atoms with Crippen molar-refractivity contribution in [2.45, 2.75) is 13.3 Å². The second kappa shape index (κ2) is 8.08. The fraction of sp³-hybridized carbons (Fsp3) is 0.538. The Bertz CT molecular complexity index is 439. The molecule has 0 spiro atoms. The maximum absolute atomic E-state index is 12.0. The predicted molar refractivity (Wildman–Crippen MR) is 74.2 cm³/mol. The largest absolute Gasteiger partial charge is 0.466 e. The Kier molecular flexibility index (Phi) is 6.42. The first-order valence-electron chi connectivity index (χ1n) is 6.42. The van der Waals surface area contributed by atoms with Gasteiger partial charge in [-0.2, -0.15) is 0 Å². The van der Waals surface area contributed by atoms with Gasteiger partial charge in [0, 0.05) is 33.0 Å². The Hall–Kier alpha value is -2.18. The van der Waals surface area contributed by atoms with Crippen LogP contribution in [-0.4, -0.2) is 60.5 Å². The van der Waals surface area contributed by atoms with Crippen LogP contribution in [0.4, 0.5) is 5.95 Å². The number of hydrogen-bond acceptors (Lipinski definition) is 6. The molecule has 110 valence electrons. The molecular formula is C13H20N4O3. The molecule has 0 aromatic carbocycles. The van der Waals surface area contributed by atoms with Crippen LogP contribution in [0.25, 0.3) is 0 Å². The summed E-state index contributed by atoms with van der Waals surface area (Å²) in [4.78, 5) is 34.5. The number of hydrogen-bond donors (Lipinski definition) is 0. The number of ether oxygens (including phenoxy) is 1. The second-order valence-electron chi connectivity index (χ2n) is 4.28. The lowest BCUT2D eigenvalue weighted by atomic mass is 10.4. The van der Waals surface area contributed by atoms with Gasteiger partial charge in [-0.05, 0) is 13.0 Å². The van der Waals surface area contributed by atoms with Crippen LogP contribution in [-0.2, 0) is 14.3 Å². The van der Waals surface area contributed by atoms with Crippen molar-refractivity contribution in [3.63, 3.8) is 0 Å². The molecule has 0 saturated heterocycles. The minimum atomic E-state index is -0.299. The van der Waals surface area contributed by atoms with E-state index in [4.69, 9.17) is 4.74 Å². The van der Waals surface area contributed by atoms with Crippen molar-refractivity contribution in [2.24, 2.45) is 0 Å². The van der Waals surface area contributed by atoms with Crippen molar-refractivity contribution < 1.29 is 14.3 Å². The molecule has 0 aliphatic carbocycles. The quantitative estimate of drug-likeness (QED) is 0.670. The highest BCUT2D eigenvalue weighted by molar-refractivity contribution is 5.81. The van der Waals surface area contributed by atoms with Crippen molar-refractivity contribution in [3.05, 3.63) is 18.5 Å². The normalized spacial score (nSPS) is 9.95. The molecule has 1 aromatic heterocycles. The number of rotatable bonds is 7. The van der Waals surface area contributed by atoms with Crippen LogP contribution in [0.2, 0.25) is 0 Å². The summed E-state index contributed by atoms with van der Waals surface area (Å²) in [5.74, 6) is 0.0794. The molecule has 0 bridgehead atoms. The molecule has 7 nitrogen and oxygen atoms in total. The average Bonchev–Trinajstić information content (AvgIpc) is 2.45. The molecule has 1 amide bonds. The van der Waals surface area contributed by atoms with Crippen LogP contribution >= 0.6 is 0 Å². The van der Waals surface area contributed by atoms with Gasteiger partial charge in [0.05, 0.1) is 19.6 Å². The maximum atomic E-state index is 12.0. The summed E-state index contributed by atoms with van der Waals surface area (Å²) in [6.45, 7) is 2.59. The van der Waals surface area contributed by atoms with E-state index in [9.17, 15) is 9.59 Å². The van der Waals surface area contributed by atoms with Gasteiger partial charge in [0.15, 0.2) is 0 Å². The maximum Gasteiger partial charge on any atom is 0.307 e. The van der Waals surface area contributed by atoms with E-state index in [1.807, 2.05) is 0 Å². The van der Waals surface area contributed by atoms with E-state index in [1.54, 1.807) is 44.4 Å². The molecular weight excluding hydrogens is 260 g/mol. The molecule has 0 atom stereocenters. The van der Waals surface area contributed by atoms with Crippen LogP contribution in [0.1, 0.15) is 13.3 Å². The number of nitrogens with zero attached hydrogens (tertiary/aromatic N) is 4. The van der Waals surface area contributed by atoms with Crippen molar-refractivity contribution in [1.82, 2.24) is 14.9 Å². The minimum Gasteiger partial charge on any atom is -0.466 e. The van der Waals surface area contributed by atoms with E-state index in [0.717, 1.165) is 0 Å². The van der Waals surface area contributed by atoms with Crippen LogP contribution in [0, 0.1) is 0 Å². The van der Waals surface area contributed by atoms with Gasteiger partial charge in [0.2, 0.25) is 11.9 Å². The third-order valence-corrected chi connectivity index (χ3v) is 2.65. The van der Waals surface area contributed by atoms with Gasteiger partial charge in [-0.25, -0.2) is 9.97 Å². The summed E-state index contributed by atoms with van der Waals surface area (Å²) in [7, 11) is 3.40. The first kappa shape index (κ1) is 15.9. The highest BCUT2D eigenvalue weighted by Gasteiger charge is 2.14. The summed E-state index contributed by atoms with van der Waals surface area (Å²) in [5.41, 5.74) is 0. The van der Waals surface area contributed by atoms with E-state index in [0.29, 0.717) is 19.1 Å². The molecule has 0 N–H and O–H groups in total. The third kappa shape index (κ3) is 5.21. The summed E-state index contributed by atoms with van der Waals surface area (Å²) >= 11 is 0. The molecule has 0 aliphatic heterocycles. The molecule has 20 heavy (non-hydrogen) atoms. The number of carbonyl (C=O) groups is 2. The average molecular weight is 280 g/mol. The molecule has 0 unspecified atom stereocenters. The van der Waals surface area contributed by atoms with Gasteiger partial charge in [0.1, 0.15) is 0 Å². The van der Waals surface area contributed by atoms with Crippen LogP contribution in [0.3, 0.4) is 0 Å². The molecule has 1 aromatic rings. The zero-order valence-corrected chi connectivity index (χ0v) is 12.1. The minimum absolute atomic E-state index is 0.107. The van der Waals surface area contributed by atoms with E-state index in [-0.39, 0.29) is 24.8 Å². The summed E-state index contributed by atoms with van der Waals surface area (Å²) < 4.78 is 4.82. The molecule has 0 saturated carbocycles. The molecule has 1 rings (SSSR count). The lowest BCUT2D eigenvalue weighted by Gasteiger charge is -2.21. The van der Waals surface area contributed by atoms with Crippen molar-refractivity contribution >= 4 is 17.8 Å². The van der Waals surface area contributed by atoms with E-state index < -0.39 is 0 Å². The molecule has 1 heterocycles. The number of anilines is 1. The number of carbonyl (C=O) groups excluding carboxylic acids is 2. The monoisotopic (exact) mass is 280 g/mol. The first-order chi connectivity index (χ1) is 9.54. The first-order valence-corrected chi connectivity index (χ1v) is 6.42. The van der Waals surface area contributed by atoms with Gasteiger partial charge in [-0.15, -0.1) is 0 Å². The van der Waals surface area contributed by atoms with Crippen molar-refractivity contribution in [3.8, 4) is 0 Å². The SMILES string of the molecule is CCOC(=O)CCN(C)C(=O)CN(C)c1ncccn1. The Balaban J connectivity index is 2.40. The van der Waals surface area contributed by atoms with Gasteiger partial charge in [-0.1, -0.05) is 0 Å². The summed E-state index contributed by atoms with van der Waals surface area (Å²) in [6.07, 6.45) is 3.43. The standard InChI is InChI=1S/C13H20N4O3/c1-4-20-12(19)6-9-16(2)11(18)10-17(3)13-14-7-5-8-15-13/h5,7-8H,4,6,9-10H2,1-3H3. The number of esters is 1. The van der Waals surface area contributed by atoms with Crippen LogP contribution in [0.5, 0.6) is 0 Å². The number of likely N-dealkylation sites (N-methyl/N-ethyl adjacent to an activating group) is 2. The van der Waals surface area contributed by atoms with E-state index >= 15 is 0 Å². The van der Waals surface area contributed by atoms with Gasteiger partial charge >= 0.3 is 5.97 Å². The van der Waals surface area contributed by atoms with E-state index in [1.165, 1.54) is 4.90 Å². The Morgan fingerprint density at radius 2 is 1.90 bits per heavy atom. The fourth-order valence-corrected chi connectivity index (χ4v) is 1.50. The zero-order valence-electron chi connectivity index (χ0n) is 12.1. The predicted octanol–water partition coefficient (Wildman–Crippen LogP) is 0.324. The summed E-state index contributed by atoms with van der Waals surface area (Å²) in [6, 6.07) is 1.71. The Labute approximate surface area is 118 Å². The van der Waals surface area contributed by atoms with Crippen molar-refractivity contribution in [2.75, 3.05) is 38.7 Å². The van der Waals surface area contributed by atoms with Gasteiger partial charge in [-0.3, -0.25) is 9.59 Å². The Morgan fingerprint density at radius 3 is 2.50 bits per heavy atom. The third-order valence-electron chi connectivity index (χ3n) is 2.65. The molecule has 0 fully saturated rings. The number of amides is 1. The fourth-order valence-electron chi connectivity index (χ4n) is 1.50. The molecule has 7 heteroatoms. The van der Waals surface area contributed by atoms with Gasteiger partial charge < -0.3 is 14.5 Å². The number of aromatic nitrogens is 2. The summed E-state index contributed by atoms with van der Waals surface area (Å²) in [5, 5.41) is 0. The molecule has 0 aliphatic rings. The lowest BCUT2D eigenvalue weighted by Crippen LogP contribution is -2.38. The highest BCUT2D eigenvalue weighted by atomic mass is 16.5. The highest BCUT2D eigenvalue weighted by Crippen LogP contribution is 2.02. The van der Waals surface area contributed by atoms with Crippen LogP contribution in [0.15, 0.2) is 18.5 Å². The topological polar surface area (TPSA) is 75.6 Å². The smallest absolute Gasteiger partial charge is 0.307 e. The Morgan fingerprint density at radius 1 is 1.25 bits per heavy atom. The zero-order chi connectivity index (χ0) is 15.0.